The minimum atomic E-state index is -0.721. The zero-order valence-electron chi connectivity index (χ0n) is 19.0. The van der Waals surface area contributed by atoms with Crippen molar-refractivity contribution < 1.29 is 13.9 Å². The first-order valence-electron chi connectivity index (χ1n) is 10.6. The number of hydrogen-bond donors (Lipinski definition) is 2. The van der Waals surface area contributed by atoms with Crippen LogP contribution in [-0.4, -0.2) is 25.6 Å². The number of rotatable bonds is 5. The Hall–Kier alpha value is -3.54. The third-order valence-corrected chi connectivity index (χ3v) is 5.88. The number of aryl methyl sites for hydroxylation is 1. The number of nitrogens with zero attached hydrogens (tertiary/aromatic N) is 1. The molecule has 1 aliphatic rings. The van der Waals surface area contributed by atoms with Gasteiger partial charge in [0.2, 0.25) is 0 Å². The molecule has 0 saturated carbocycles. The molecule has 3 aromatic carbocycles. The van der Waals surface area contributed by atoms with E-state index in [4.69, 9.17) is 4.74 Å². The molecular weight excluding hydrogens is 405 g/mol. The van der Waals surface area contributed by atoms with Crippen LogP contribution in [-0.2, 0) is 11.3 Å². The number of likely N-dealkylation sites (N-methyl/N-ethyl adjacent to an activating group) is 1. The zero-order valence-corrected chi connectivity index (χ0v) is 19.0. The summed E-state index contributed by atoms with van der Waals surface area (Å²) in [6.07, 6.45) is 0. The Kier molecular flexibility index (Phi) is 5.55. The van der Waals surface area contributed by atoms with Crippen molar-refractivity contribution in [1.29, 1.82) is 0 Å². The molecule has 1 aliphatic heterocycles. The summed E-state index contributed by atoms with van der Waals surface area (Å²) in [4.78, 5) is 14.7. The molecule has 1 amide bonds. The molecule has 0 aromatic heterocycles. The van der Waals surface area contributed by atoms with Gasteiger partial charge in [0.25, 0.3) is 5.91 Å². The predicted molar refractivity (Wildman–Crippen MR) is 128 cm³/mol. The number of benzene rings is 3. The molecule has 0 atom stereocenters. The van der Waals surface area contributed by atoms with Gasteiger partial charge >= 0.3 is 0 Å². The second kappa shape index (κ2) is 8.19. The third kappa shape index (κ3) is 3.88. The highest BCUT2D eigenvalue weighted by atomic mass is 19.1. The van der Waals surface area contributed by atoms with Crippen LogP contribution in [0, 0.1) is 12.7 Å². The van der Waals surface area contributed by atoms with Crippen LogP contribution in [0.5, 0.6) is 5.75 Å². The lowest BCUT2D eigenvalue weighted by molar-refractivity contribution is -0.121. The van der Waals surface area contributed by atoms with E-state index in [0.717, 1.165) is 28.2 Å². The molecule has 5 nitrogen and oxygen atoms in total. The van der Waals surface area contributed by atoms with Crippen LogP contribution in [0.15, 0.2) is 54.6 Å². The molecule has 166 valence electrons. The molecule has 0 bridgehead atoms. The maximum atomic E-state index is 14.2. The molecule has 4 rings (SSSR count). The number of amides is 1. The average Bonchev–Trinajstić information content (AvgIpc) is 2.76. The van der Waals surface area contributed by atoms with Crippen LogP contribution in [0.3, 0.4) is 0 Å². The van der Waals surface area contributed by atoms with E-state index < -0.39 is 5.54 Å². The monoisotopic (exact) mass is 433 g/mol. The zero-order chi connectivity index (χ0) is 23.0. The molecule has 0 aliphatic carbocycles. The summed E-state index contributed by atoms with van der Waals surface area (Å²) < 4.78 is 19.7. The first-order valence-corrected chi connectivity index (χ1v) is 10.6. The van der Waals surface area contributed by atoms with Gasteiger partial charge in [0, 0.05) is 30.4 Å². The van der Waals surface area contributed by atoms with E-state index in [1.807, 2.05) is 57.2 Å². The lowest BCUT2D eigenvalue weighted by atomic mass is 9.91. The molecule has 0 fully saturated rings. The van der Waals surface area contributed by atoms with Crippen LogP contribution in [0.25, 0.3) is 11.1 Å². The number of methoxy groups -OCH3 is 1. The van der Waals surface area contributed by atoms with Crippen molar-refractivity contribution in [2.45, 2.75) is 32.9 Å². The van der Waals surface area contributed by atoms with Gasteiger partial charge in [-0.05, 0) is 62.7 Å². The van der Waals surface area contributed by atoms with Gasteiger partial charge in [-0.3, -0.25) is 4.79 Å². The molecule has 32 heavy (non-hydrogen) atoms. The fraction of sp³-hybridized carbons (Fsp3) is 0.269. The first kappa shape index (κ1) is 21.7. The lowest BCUT2D eigenvalue weighted by Crippen LogP contribution is -2.52. The van der Waals surface area contributed by atoms with Gasteiger partial charge in [0.15, 0.2) is 0 Å². The second-order valence-electron chi connectivity index (χ2n) is 8.67. The Labute approximate surface area is 188 Å². The molecule has 3 aromatic rings. The summed E-state index contributed by atoms with van der Waals surface area (Å²) in [6, 6.07) is 16.5. The number of anilines is 3. The quantitative estimate of drug-likeness (QED) is 0.551. The summed E-state index contributed by atoms with van der Waals surface area (Å²) in [5.41, 5.74) is 5.38. The van der Waals surface area contributed by atoms with Crippen molar-refractivity contribution in [1.82, 2.24) is 0 Å². The molecule has 0 unspecified atom stereocenters. The topological polar surface area (TPSA) is 53.6 Å². The highest BCUT2D eigenvalue weighted by Gasteiger charge is 2.38. The van der Waals surface area contributed by atoms with Crippen molar-refractivity contribution >= 4 is 23.0 Å². The molecule has 2 N–H and O–H groups in total. The Morgan fingerprint density at radius 2 is 1.78 bits per heavy atom. The molecule has 6 heteroatoms. The number of nitrogens with one attached hydrogen (secondary N) is 2. The van der Waals surface area contributed by atoms with Gasteiger partial charge in [-0.25, -0.2) is 4.39 Å². The normalized spacial score (nSPS) is 14.6. The Bertz CT molecular complexity index is 1170. The standard InChI is InChI=1S/C26H28FN3O2/c1-16-6-9-18(10-7-16)28-15-21-19(20-14-17(27)8-13-23(20)32-5)11-12-22-24(21)30(4)25(31)26(2,3)29-22/h6-14,28-29H,15H2,1-5H3. The molecule has 0 saturated heterocycles. The van der Waals surface area contributed by atoms with Crippen molar-refractivity contribution in [2.75, 3.05) is 29.7 Å². The number of carbonyl (C=O) groups excluding carboxylic acids is 1. The van der Waals surface area contributed by atoms with Crippen molar-refractivity contribution in [3.05, 3.63) is 71.5 Å². The van der Waals surface area contributed by atoms with Gasteiger partial charge in [0.05, 0.1) is 18.5 Å². The van der Waals surface area contributed by atoms with Gasteiger partial charge in [0.1, 0.15) is 17.1 Å². The van der Waals surface area contributed by atoms with Crippen LogP contribution < -0.4 is 20.3 Å². The minimum Gasteiger partial charge on any atom is -0.496 e. The largest absolute Gasteiger partial charge is 0.496 e. The number of carbonyl (C=O) groups is 1. The number of hydrogen-bond acceptors (Lipinski definition) is 4. The Morgan fingerprint density at radius 3 is 2.47 bits per heavy atom. The second-order valence-corrected chi connectivity index (χ2v) is 8.67. The van der Waals surface area contributed by atoms with Gasteiger partial charge in [-0.1, -0.05) is 23.8 Å². The summed E-state index contributed by atoms with van der Waals surface area (Å²) >= 11 is 0. The van der Waals surface area contributed by atoms with Gasteiger partial charge in [-0.15, -0.1) is 0 Å². The van der Waals surface area contributed by atoms with E-state index in [-0.39, 0.29) is 11.7 Å². The van der Waals surface area contributed by atoms with Crippen molar-refractivity contribution in [2.24, 2.45) is 0 Å². The maximum absolute atomic E-state index is 14.2. The van der Waals surface area contributed by atoms with Crippen LogP contribution in [0.1, 0.15) is 25.0 Å². The summed E-state index contributed by atoms with van der Waals surface area (Å²) in [7, 11) is 3.35. The number of fused-ring (bicyclic) bond motifs is 1. The average molecular weight is 434 g/mol. The van der Waals surface area contributed by atoms with Crippen LogP contribution in [0.2, 0.25) is 0 Å². The van der Waals surface area contributed by atoms with E-state index in [1.54, 1.807) is 25.1 Å². The third-order valence-electron chi connectivity index (χ3n) is 5.88. The van der Waals surface area contributed by atoms with E-state index >= 15 is 0 Å². The SMILES string of the molecule is COc1ccc(F)cc1-c1ccc2c(c1CNc1ccc(C)cc1)N(C)C(=O)C(C)(C)N2. The smallest absolute Gasteiger partial charge is 0.251 e. The van der Waals surface area contributed by atoms with Crippen molar-refractivity contribution in [3.63, 3.8) is 0 Å². The minimum absolute atomic E-state index is 0.0371. The molecule has 0 radical (unpaired) electrons. The van der Waals surface area contributed by atoms with E-state index in [1.165, 1.54) is 17.7 Å². The molecule has 1 heterocycles. The maximum Gasteiger partial charge on any atom is 0.251 e. The van der Waals surface area contributed by atoms with Gasteiger partial charge < -0.3 is 20.3 Å². The first-order chi connectivity index (χ1) is 15.2. The van der Waals surface area contributed by atoms with Crippen LogP contribution >= 0.6 is 0 Å². The fourth-order valence-electron chi connectivity index (χ4n) is 4.22. The Balaban J connectivity index is 1.88. The number of halogens is 1. The van der Waals surface area contributed by atoms with Gasteiger partial charge in [-0.2, -0.15) is 0 Å². The van der Waals surface area contributed by atoms with Crippen molar-refractivity contribution in [3.8, 4) is 16.9 Å². The highest BCUT2D eigenvalue weighted by Crippen LogP contribution is 2.44. The molecular formula is C26H28FN3O2. The fourth-order valence-corrected chi connectivity index (χ4v) is 4.22. The highest BCUT2D eigenvalue weighted by molar-refractivity contribution is 6.08. The predicted octanol–water partition coefficient (Wildman–Crippen LogP) is 5.59. The molecule has 0 spiro atoms. The summed E-state index contributed by atoms with van der Waals surface area (Å²) in [5, 5.41) is 6.81. The number of ether oxygens (including phenoxy) is 1. The Morgan fingerprint density at radius 1 is 1.06 bits per heavy atom. The summed E-state index contributed by atoms with van der Waals surface area (Å²) in [5.74, 6) is 0.186. The van der Waals surface area contributed by atoms with E-state index in [9.17, 15) is 9.18 Å². The van der Waals surface area contributed by atoms with Crippen LogP contribution in [0.4, 0.5) is 21.5 Å². The van der Waals surface area contributed by atoms with E-state index in [2.05, 4.69) is 10.6 Å². The van der Waals surface area contributed by atoms with E-state index in [0.29, 0.717) is 17.9 Å². The summed E-state index contributed by atoms with van der Waals surface area (Å²) in [6.45, 7) is 6.21. The lowest BCUT2D eigenvalue weighted by Gasteiger charge is -2.40.